The van der Waals surface area contributed by atoms with Crippen molar-refractivity contribution in [3.05, 3.63) is 0 Å². The van der Waals surface area contributed by atoms with E-state index >= 15 is 0 Å². The molecule has 2 fully saturated rings. The quantitative estimate of drug-likeness (QED) is 0.550. The van der Waals surface area contributed by atoms with Crippen molar-refractivity contribution in [2.75, 3.05) is 13.1 Å². The molecule has 0 aliphatic carbocycles. The van der Waals surface area contributed by atoms with Gasteiger partial charge >= 0.3 is 0 Å². The summed E-state index contributed by atoms with van der Waals surface area (Å²) >= 11 is 0. The highest BCUT2D eigenvalue weighted by atomic mass is 32.2. The number of fused-ring (bicyclic) bond motifs is 1. The Kier molecular flexibility index (Phi) is 1.66. The van der Waals surface area contributed by atoms with Gasteiger partial charge in [0.2, 0.25) is 0 Å². The van der Waals surface area contributed by atoms with Crippen LogP contribution in [0, 0.1) is 0 Å². The molecule has 2 aliphatic heterocycles. The van der Waals surface area contributed by atoms with Crippen molar-refractivity contribution in [2.45, 2.75) is 25.3 Å². The van der Waals surface area contributed by atoms with Gasteiger partial charge in [-0.1, -0.05) is 6.42 Å². The normalized spacial score (nSPS) is 36.9. The zero-order valence-corrected chi connectivity index (χ0v) is 7.10. The molecule has 0 spiro atoms. The maximum atomic E-state index is 11.2. The molecule has 1 atom stereocenters. The molecule has 2 rings (SSSR count). The van der Waals surface area contributed by atoms with E-state index in [4.69, 9.17) is 0 Å². The lowest BCUT2D eigenvalue weighted by Crippen LogP contribution is -2.38. The van der Waals surface area contributed by atoms with Gasteiger partial charge in [0, 0.05) is 19.1 Å². The molecule has 0 amide bonds. The SMILES string of the molecule is O=S1(=O)NCC2CCCCN21. The monoisotopic (exact) mass is 176 g/mol. The van der Waals surface area contributed by atoms with Gasteiger partial charge in [-0.25, -0.2) is 4.72 Å². The van der Waals surface area contributed by atoms with E-state index in [2.05, 4.69) is 4.72 Å². The molecular weight excluding hydrogens is 164 g/mol. The molecular formula is C6H12N2O2S. The first-order valence-corrected chi connectivity index (χ1v) is 5.40. The summed E-state index contributed by atoms with van der Waals surface area (Å²) < 4.78 is 26.6. The topological polar surface area (TPSA) is 49.4 Å². The van der Waals surface area contributed by atoms with Crippen LogP contribution < -0.4 is 4.72 Å². The molecule has 0 saturated carbocycles. The third-order valence-electron chi connectivity index (χ3n) is 2.38. The fourth-order valence-electron chi connectivity index (χ4n) is 1.78. The van der Waals surface area contributed by atoms with Crippen molar-refractivity contribution < 1.29 is 8.42 Å². The Hall–Kier alpha value is -0.130. The fraction of sp³-hybridized carbons (Fsp3) is 1.00. The first-order valence-electron chi connectivity index (χ1n) is 3.96. The second kappa shape index (κ2) is 2.43. The van der Waals surface area contributed by atoms with E-state index in [0.29, 0.717) is 13.1 Å². The minimum atomic E-state index is -3.06. The minimum Gasteiger partial charge on any atom is -0.200 e. The average molecular weight is 176 g/mol. The lowest BCUT2D eigenvalue weighted by atomic mass is 10.1. The molecule has 1 N–H and O–H groups in total. The lowest BCUT2D eigenvalue weighted by molar-refractivity contribution is 0.281. The van der Waals surface area contributed by atoms with Crippen LogP contribution in [0.25, 0.3) is 0 Å². The maximum Gasteiger partial charge on any atom is 0.279 e. The number of rotatable bonds is 0. The van der Waals surface area contributed by atoms with Crippen LogP contribution in [0.3, 0.4) is 0 Å². The molecule has 0 aromatic rings. The van der Waals surface area contributed by atoms with Crippen molar-refractivity contribution in [1.82, 2.24) is 9.03 Å². The van der Waals surface area contributed by atoms with E-state index in [1.807, 2.05) is 0 Å². The summed E-state index contributed by atoms with van der Waals surface area (Å²) in [5.74, 6) is 0. The third-order valence-corrected chi connectivity index (χ3v) is 4.01. The molecule has 5 heteroatoms. The second-order valence-corrected chi connectivity index (χ2v) is 4.82. The Morgan fingerprint density at radius 1 is 1.36 bits per heavy atom. The third kappa shape index (κ3) is 1.17. The molecule has 0 radical (unpaired) electrons. The zero-order chi connectivity index (χ0) is 7.90. The highest BCUT2D eigenvalue weighted by Gasteiger charge is 2.37. The van der Waals surface area contributed by atoms with Crippen LogP contribution in [0.5, 0.6) is 0 Å². The molecule has 2 saturated heterocycles. The fourth-order valence-corrected chi connectivity index (χ4v) is 3.29. The standard InChI is InChI=1S/C6H12N2O2S/c9-11(10)7-5-6-3-1-2-4-8(6)11/h6-7H,1-5H2. The summed E-state index contributed by atoms with van der Waals surface area (Å²) in [6.45, 7) is 1.32. The lowest BCUT2D eigenvalue weighted by Gasteiger charge is -2.25. The van der Waals surface area contributed by atoms with E-state index in [9.17, 15) is 8.42 Å². The summed E-state index contributed by atoms with van der Waals surface area (Å²) in [7, 11) is -3.06. The van der Waals surface area contributed by atoms with Crippen molar-refractivity contribution >= 4 is 10.2 Å². The molecule has 11 heavy (non-hydrogen) atoms. The van der Waals surface area contributed by atoms with Gasteiger partial charge in [0.05, 0.1) is 0 Å². The smallest absolute Gasteiger partial charge is 0.200 e. The molecule has 2 aliphatic rings. The predicted octanol–water partition coefficient (Wildman–Crippen LogP) is -0.311. The van der Waals surface area contributed by atoms with E-state index < -0.39 is 10.2 Å². The number of hydrogen-bond acceptors (Lipinski definition) is 2. The average Bonchev–Trinajstić information content (AvgIpc) is 2.29. The molecule has 64 valence electrons. The summed E-state index contributed by atoms with van der Waals surface area (Å²) in [6, 6.07) is 0.244. The number of nitrogens with zero attached hydrogens (tertiary/aromatic N) is 1. The minimum absolute atomic E-state index is 0.244. The van der Waals surface area contributed by atoms with E-state index in [-0.39, 0.29) is 6.04 Å². The predicted molar refractivity (Wildman–Crippen MR) is 41.3 cm³/mol. The van der Waals surface area contributed by atoms with Crippen molar-refractivity contribution in [3.63, 3.8) is 0 Å². The molecule has 0 aromatic heterocycles. The summed E-state index contributed by atoms with van der Waals surface area (Å²) in [5.41, 5.74) is 0. The van der Waals surface area contributed by atoms with Crippen LogP contribution in [0.1, 0.15) is 19.3 Å². The van der Waals surface area contributed by atoms with Gasteiger partial charge in [-0.15, -0.1) is 0 Å². The maximum absolute atomic E-state index is 11.2. The van der Waals surface area contributed by atoms with Crippen molar-refractivity contribution in [1.29, 1.82) is 0 Å². The largest absolute Gasteiger partial charge is 0.279 e. The van der Waals surface area contributed by atoms with Gasteiger partial charge in [0.25, 0.3) is 10.2 Å². The Morgan fingerprint density at radius 3 is 2.91 bits per heavy atom. The van der Waals surface area contributed by atoms with Crippen LogP contribution in [0.15, 0.2) is 0 Å². The molecule has 4 nitrogen and oxygen atoms in total. The Balaban J connectivity index is 2.23. The molecule has 0 bridgehead atoms. The van der Waals surface area contributed by atoms with E-state index in [1.165, 1.54) is 6.42 Å². The highest BCUT2D eigenvalue weighted by Crippen LogP contribution is 2.23. The molecule has 0 aromatic carbocycles. The summed E-state index contributed by atoms with van der Waals surface area (Å²) in [4.78, 5) is 0. The number of nitrogens with one attached hydrogen (secondary N) is 1. The number of piperidine rings is 1. The van der Waals surface area contributed by atoms with Gasteiger partial charge in [-0.2, -0.15) is 12.7 Å². The first-order chi connectivity index (χ1) is 5.20. The Bertz CT molecular complexity index is 249. The Morgan fingerprint density at radius 2 is 2.18 bits per heavy atom. The van der Waals surface area contributed by atoms with Crippen molar-refractivity contribution in [2.24, 2.45) is 0 Å². The zero-order valence-electron chi connectivity index (χ0n) is 6.28. The first kappa shape index (κ1) is 7.52. The Labute approximate surface area is 66.8 Å². The van der Waals surface area contributed by atoms with Crippen LogP contribution in [0.2, 0.25) is 0 Å². The summed E-state index contributed by atoms with van der Waals surface area (Å²) in [5, 5.41) is 0. The molecule has 1 unspecified atom stereocenters. The van der Waals surface area contributed by atoms with Crippen LogP contribution >= 0.6 is 0 Å². The molecule has 2 heterocycles. The van der Waals surface area contributed by atoms with Crippen LogP contribution in [-0.2, 0) is 10.2 Å². The highest BCUT2D eigenvalue weighted by molar-refractivity contribution is 7.87. The van der Waals surface area contributed by atoms with Gasteiger partial charge in [-0.3, -0.25) is 0 Å². The van der Waals surface area contributed by atoms with Crippen molar-refractivity contribution in [3.8, 4) is 0 Å². The van der Waals surface area contributed by atoms with E-state index in [1.54, 1.807) is 4.31 Å². The van der Waals surface area contributed by atoms with Gasteiger partial charge < -0.3 is 0 Å². The van der Waals surface area contributed by atoms with Crippen LogP contribution in [0.4, 0.5) is 0 Å². The van der Waals surface area contributed by atoms with Crippen LogP contribution in [-0.4, -0.2) is 31.9 Å². The van der Waals surface area contributed by atoms with E-state index in [0.717, 1.165) is 12.8 Å². The van der Waals surface area contributed by atoms with Gasteiger partial charge in [-0.05, 0) is 12.8 Å². The van der Waals surface area contributed by atoms with Gasteiger partial charge in [0.15, 0.2) is 0 Å². The number of hydrogen-bond donors (Lipinski definition) is 1. The second-order valence-electron chi connectivity index (χ2n) is 3.11. The summed E-state index contributed by atoms with van der Waals surface area (Å²) in [6.07, 6.45) is 3.20. The van der Waals surface area contributed by atoms with Gasteiger partial charge in [0.1, 0.15) is 0 Å².